The van der Waals surface area contributed by atoms with E-state index in [1.807, 2.05) is 48.7 Å². The zero-order valence-corrected chi connectivity index (χ0v) is 17.9. The molecule has 5 rings (SSSR count). The molecule has 2 amide bonds. The van der Waals surface area contributed by atoms with Crippen molar-refractivity contribution in [1.29, 1.82) is 0 Å². The van der Waals surface area contributed by atoms with Gasteiger partial charge in [-0.1, -0.05) is 36.8 Å². The predicted molar refractivity (Wildman–Crippen MR) is 118 cm³/mol. The highest BCUT2D eigenvalue weighted by Crippen LogP contribution is 2.46. The number of piperidine rings is 1. The Hall–Kier alpha value is -2.99. The van der Waals surface area contributed by atoms with Crippen LogP contribution in [-0.2, 0) is 9.59 Å². The van der Waals surface area contributed by atoms with Crippen molar-refractivity contribution in [2.45, 2.75) is 31.3 Å². The molecule has 0 saturated carbocycles. The lowest BCUT2D eigenvalue weighted by molar-refractivity contribution is -0.139. The Morgan fingerprint density at radius 2 is 1.87 bits per heavy atom. The van der Waals surface area contributed by atoms with Gasteiger partial charge in [0.25, 0.3) is 0 Å². The molecule has 3 aliphatic heterocycles. The molecule has 0 N–H and O–H groups in total. The summed E-state index contributed by atoms with van der Waals surface area (Å²) in [5.74, 6) is 0.285. The summed E-state index contributed by atoms with van der Waals surface area (Å²) in [7, 11) is 3.29. The van der Waals surface area contributed by atoms with Crippen LogP contribution in [0.3, 0.4) is 0 Å². The first-order chi connectivity index (χ1) is 15.1. The van der Waals surface area contributed by atoms with Crippen molar-refractivity contribution < 1.29 is 14.3 Å². The summed E-state index contributed by atoms with van der Waals surface area (Å²) in [5, 5.41) is 0. The molecule has 1 aromatic carbocycles. The van der Waals surface area contributed by atoms with Gasteiger partial charge in [0, 0.05) is 36.5 Å². The molecule has 4 heterocycles. The van der Waals surface area contributed by atoms with Crippen LogP contribution in [-0.4, -0.2) is 59.4 Å². The van der Waals surface area contributed by atoms with Gasteiger partial charge in [-0.2, -0.15) is 0 Å². The molecule has 160 valence electrons. The van der Waals surface area contributed by atoms with Crippen molar-refractivity contribution in [3.63, 3.8) is 0 Å². The van der Waals surface area contributed by atoms with Crippen LogP contribution < -0.4 is 4.74 Å². The lowest BCUT2D eigenvalue weighted by Gasteiger charge is -2.35. The molecule has 6 heteroatoms. The summed E-state index contributed by atoms with van der Waals surface area (Å²) < 4.78 is 5.45. The monoisotopic (exact) mass is 417 g/mol. The van der Waals surface area contributed by atoms with E-state index in [1.54, 1.807) is 14.2 Å². The van der Waals surface area contributed by atoms with Crippen LogP contribution in [0.25, 0.3) is 17.2 Å². The Bertz CT molecular complexity index is 1030. The Kier molecular flexibility index (Phi) is 5.10. The molecule has 0 bridgehead atoms. The molecule has 1 unspecified atom stereocenters. The highest BCUT2D eigenvalue weighted by molar-refractivity contribution is 6.06. The number of aromatic nitrogens is 1. The van der Waals surface area contributed by atoms with Crippen LogP contribution in [0.5, 0.6) is 5.75 Å². The normalized spacial score (nSPS) is 28.3. The van der Waals surface area contributed by atoms with Crippen LogP contribution in [0, 0.1) is 11.8 Å². The molecule has 6 nitrogen and oxygen atoms in total. The molecular weight excluding hydrogens is 390 g/mol. The number of carbonyl (C=O) groups is 2. The van der Waals surface area contributed by atoms with Crippen molar-refractivity contribution in [2.24, 2.45) is 11.8 Å². The number of fused-ring (bicyclic) bond motifs is 3. The molecule has 1 aromatic heterocycles. The van der Waals surface area contributed by atoms with E-state index in [0.717, 1.165) is 48.4 Å². The third-order valence-corrected chi connectivity index (χ3v) is 7.04. The first kappa shape index (κ1) is 19.9. The quantitative estimate of drug-likeness (QED) is 0.715. The fourth-order valence-corrected chi connectivity index (χ4v) is 5.54. The number of imide groups is 1. The lowest BCUT2D eigenvalue weighted by atomic mass is 9.87. The Morgan fingerprint density at radius 3 is 2.65 bits per heavy atom. The SMILES string of the molecule is COc1ccccc1-c1ccc(/C=C/C2[C@H]3C(=O)N(C)C(=O)[C@H]3[C@@H]3CCCCN23)nc1. The van der Waals surface area contributed by atoms with Crippen molar-refractivity contribution in [1.82, 2.24) is 14.8 Å². The maximum atomic E-state index is 12.8. The van der Waals surface area contributed by atoms with E-state index in [4.69, 9.17) is 4.74 Å². The predicted octanol–water partition coefficient (Wildman–Crippen LogP) is 3.24. The van der Waals surface area contributed by atoms with Crippen molar-refractivity contribution >= 4 is 17.9 Å². The smallest absolute Gasteiger partial charge is 0.234 e. The number of hydrogen-bond donors (Lipinski definition) is 0. The van der Waals surface area contributed by atoms with E-state index >= 15 is 0 Å². The van der Waals surface area contributed by atoms with Crippen LogP contribution in [0.2, 0.25) is 0 Å². The molecular formula is C25H27N3O3. The number of amides is 2. The van der Waals surface area contributed by atoms with Gasteiger partial charge < -0.3 is 4.74 Å². The van der Waals surface area contributed by atoms with Crippen molar-refractivity contribution in [3.8, 4) is 16.9 Å². The first-order valence-electron chi connectivity index (χ1n) is 10.9. The number of hydrogen-bond acceptors (Lipinski definition) is 5. The highest BCUT2D eigenvalue weighted by atomic mass is 16.5. The molecule has 0 spiro atoms. The van der Waals surface area contributed by atoms with Crippen LogP contribution in [0.4, 0.5) is 0 Å². The number of benzene rings is 1. The van der Waals surface area contributed by atoms with Gasteiger partial charge in [-0.15, -0.1) is 0 Å². The van der Waals surface area contributed by atoms with E-state index < -0.39 is 0 Å². The van der Waals surface area contributed by atoms with E-state index in [1.165, 1.54) is 4.90 Å². The number of nitrogens with zero attached hydrogens (tertiary/aromatic N) is 3. The number of para-hydroxylation sites is 1. The van der Waals surface area contributed by atoms with E-state index in [-0.39, 0.29) is 35.7 Å². The minimum atomic E-state index is -0.273. The molecule has 4 atom stereocenters. The molecule has 0 radical (unpaired) electrons. The summed E-state index contributed by atoms with van der Waals surface area (Å²) in [6.07, 6.45) is 9.14. The second kappa shape index (κ2) is 7.93. The lowest BCUT2D eigenvalue weighted by Crippen LogP contribution is -2.45. The minimum absolute atomic E-state index is 0.0120. The van der Waals surface area contributed by atoms with Crippen LogP contribution in [0.15, 0.2) is 48.7 Å². The third-order valence-electron chi connectivity index (χ3n) is 7.04. The number of carbonyl (C=O) groups excluding carboxylic acids is 2. The molecule has 31 heavy (non-hydrogen) atoms. The average Bonchev–Trinajstić information content (AvgIpc) is 3.26. The van der Waals surface area contributed by atoms with Crippen LogP contribution in [0.1, 0.15) is 25.0 Å². The van der Waals surface area contributed by atoms with Gasteiger partial charge >= 0.3 is 0 Å². The number of rotatable bonds is 4. The summed E-state index contributed by atoms with van der Waals surface area (Å²) in [6.45, 7) is 0.942. The zero-order valence-electron chi connectivity index (χ0n) is 17.9. The van der Waals surface area contributed by atoms with Crippen molar-refractivity contribution in [2.75, 3.05) is 20.7 Å². The minimum Gasteiger partial charge on any atom is -0.496 e. The fourth-order valence-electron chi connectivity index (χ4n) is 5.54. The molecule has 2 aromatic rings. The van der Waals surface area contributed by atoms with Crippen LogP contribution >= 0.6 is 0 Å². The average molecular weight is 418 g/mol. The van der Waals surface area contributed by atoms with E-state index in [0.29, 0.717) is 0 Å². The Labute approximate surface area is 182 Å². The number of methoxy groups -OCH3 is 1. The third kappa shape index (κ3) is 3.26. The largest absolute Gasteiger partial charge is 0.496 e. The van der Waals surface area contributed by atoms with Gasteiger partial charge in [-0.3, -0.25) is 24.4 Å². The second-order valence-corrected chi connectivity index (χ2v) is 8.61. The van der Waals surface area contributed by atoms with Crippen molar-refractivity contribution in [3.05, 3.63) is 54.4 Å². The number of likely N-dealkylation sites (tertiary alicyclic amines) is 1. The number of pyridine rings is 1. The summed E-state index contributed by atoms with van der Waals surface area (Å²) in [4.78, 5) is 33.9. The first-order valence-corrected chi connectivity index (χ1v) is 10.9. The van der Waals surface area contributed by atoms with Gasteiger partial charge in [-0.25, -0.2) is 0 Å². The maximum Gasteiger partial charge on any atom is 0.234 e. The summed E-state index contributed by atoms with van der Waals surface area (Å²) in [6, 6.07) is 12.0. The van der Waals surface area contributed by atoms with Gasteiger partial charge in [0.15, 0.2) is 0 Å². The summed E-state index contributed by atoms with van der Waals surface area (Å²) >= 11 is 0. The van der Waals surface area contributed by atoms with Gasteiger partial charge in [0.05, 0.1) is 24.6 Å². The van der Waals surface area contributed by atoms with Gasteiger partial charge in [-0.05, 0) is 37.6 Å². The Balaban J connectivity index is 1.40. The fraction of sp³-hybridized carbons (Fsp3) is 0.400. The summed E-state index contributed by atoms with van der Waals surface area (Å²) in [5.41, 5.74) is 2.83. The molecule has 3 aliphatic rings. The maximum absolute atomic E-state index is 12.8. The Morgan fingerprint density at radius 1 is 1.06 bits per heavy atom. The highest BCUT2D eigenvalue weighted by Gasteiger charge is 2.60. The molecule has 0 aliphatic carbocycles. The number of ether oxygens (including phenoxy) is 1. The molecule has 3 saturated heterocycles. The topological polar surface area (TPSA) is 62.7 Å². The standard InChI is InChI=1S/C25H27N3O3/c1-27-24(29)22-19-8-5-6-14-28(19)20(23(22)25(27)30)13-12-17-11-10-16(15-26-17)18-7-3-4-9-21(18)31-2/h3-4,7,9-13,15,19-20,22-23H,5-6,8,14H2,1-2H3/b13-12+/t19-,20?,22-,23+/m0/s1. The zero-order chi connectivity index (χ0) is 21.5. The molecule has 3 fully saturated rings. The van der Waals surface area contributed by atoms with Gasteiger partial charge in [0.2, 0.25) is 11.8 Å². The van der Waals surface area contributed by atoms with E-state index in [2.05, 4.69) is 16.0 Å². The van der Waals surface area contributed by atoms with Gasteiger partial charge in [0.1, 0.15) is 5.75 Å². The second-order valence-electron chi connectivity index (χ2n) is 8.61. The van der Waals surface area contributed by atoms with E-state index in [9.17, 15) is 9.59 Å².